The quantitative estimate of drug-likeness (QED) is 0.433. The van der Waals surface area contributed by atoms with Crippen molar-refractivity contribution >= 4 is 7.92 Å². The molecule has 0 nitrogen and oxygen atoms in total. The van der Waals surface area contributed by atoms with Gasteiger partial charge in [0.1, 0.15) is 0 Å². The number of allylic oxidation sites excluding steroid dienone is 2. The molecule has 14 heavy (non-hydrogen) atoms. The molecule has 0 spiro atoms. The Kier molecular flexibility index (Phi) is 3.47. The second kappa shape index (κ2) is 3.97. The smallest absolute Gasteiger partial charge is 0.00173 e. The molecule has 0 aromatic carbocycles. The third-order valence-corrected chi connectivity index (χ3v) is 6.75. The Labute approximate surface area is 90.9 Å². The van der Waals surface area contributed by atoms with Crippen LogP contribution in [-0.2, 0) is 0 Å². The molecule has 1 rings (SSSR count). The molecular formula is C13H25P. The van der Waals surface area contributed by atoms with Crippen molar-refractivity contribution in [3.8, 4) is 0 Å². The van der Waals surface area contributed by atoms with Crippen molar-refractivity contribution in [3.05, 3.63) is 12.2 Å². The maximum atomic E-state index is 2.47. The van der Waals surface area contributed by atoms with E-state index in [1.807, 2.05) is 0 Å². The summed E-state index contributed by atoms with van der Waals surface area (Å²) < 4.78 is 0. The average Bonchev–Trinajstić information content (AvgIpc) is 2.31. The lowest BCUT2D eigenvalue weighted by Gasteiger charge is -2.45. The Hall–Kier alpha value is 0.170. The Bertz CT molecular complexity index is 200. The van der Waals surface area contributed by atoms with E-state index in [1.165, 1.54) is 12.8 Å². The molecule has 1 aliphatic carbocycles. The first-order chi connectivity index (χ1) is 6.23. The second-order valence-corrected chi connectivity index (χ2v) is 10.4. The largest absolute Gasteiger partial charge is 0.0886 e. The van der Waals surface area contributed by atoms with Crippen LogP contribution in [0.1, 0.15) is 54.4 Å². The minimum Gasteiger partial charge on any atom is -0.0886 e. The zero-order valence-corrected chi connectivity index (χ0v) is 11.5. The highest BCUT2D eigenvalue weighted by Crippen LogP contribution is 2.64. The SMILES string of the molecule is CC(C)(C)P([C@@H]1C=CCC1)C(C)(C)C. The van der Waals surface area contributed by atoms with Crippen molar-refractivity contribution in [2.45, 2.75) is 70.4 Å². The van der Waals surface area contributed by atoms with Gasteiger partial charge in [0, 0.05) is 0 Å². The van der Waals surface area contributed by atoms with E-state index < -0.39 is 0 Å². The molecule has 0 saturated carbocycles. The standard InChI is InChI=1S/C13H25P/c1-12(2,3)14(13(4,5)6)11-9-7-8-10-11/h7,9,11H,8,10H2,1-6H3/t11-/m1/s1. The third-order valence-electron chi connectivity index (χ3n) is 2.76. The molecule has 0 aromatic rings. The third kappa shape index (κ3) is 2.83. The summed E-state index contributed by atoms with van der Waals surface area (Å²) in [4.78, 5) is 0. The van der Waals surface area contributed by atoms with E-state index in [9.17, 15) is 0 Å². The van der Waals surface area contributed by atoms with Crippen LogP contribution in [0.15, 0.2) is 12.2 Å². The number of hydrogen-bond acceptors (Lipinski definition) is 0. The van der Waals surface area contributed by atoms with Crippen LogP contribution in [0.2, 0.25) is 0 Å². The highest BCUT2D eigenvalue weighted by Gasteiger charge is 2.39. The molecule has 0 N–H and O–H groups in total. The fourth-order valence-electron chi connectivity index (χ4n) is 2.83. The van der Waals surface area contributed by atoms with Gasteiger partial charge in [-0.15, -0.1) is 0 Å². The van der Waals surface area contributed by atoms with Gasteiger partial charge in [-0.2, -0.15) is 0 Å². The van der Waals surface area contributed by atoms with Crippen LogP contribution < -0.4 is 0 Å². The van der Waals surface area contributed by atoms with E-state index >= 15 is 0 Å². The summed E-state index contributed by atoms with van der Waals surface area (Å²) in [6.07, 6.45) is 7.54. The Morgan fingerprint density at radius 1 is 1.00 bits per heavy atom. The molecule has 0 radical (unpaired) electrons. The molecule has 1 heteroatoms. The van der Waals surface area contributed by atoms with Gasteiger partial charge < -0.3 is 0 Å². The van der Waals surface area contributed by atoms with Crippen molar-refractivity contribution in [1.82, 2.24) is 0 Å². The highest BCUT2D eigenvalue weighted by atomic mass is 31.1. The Morgan fingerprint density at radius 3 is 1.79 bits per heavy atom. The van der Waals surface area contributed by atoms with Crippen molar-refractivity contribution in [2.24, 2.45) is 0 Å². The van der Waals surface area contributed by atoms with Crippen LogP contribution in [0.25, 0.3) is 0 Å². The van der Waals surface area contributed by atoms with Crippen LogP contribution in [0.3, 0.4) is 0 Å². The molecule has 0 aromatic heterocycles. The zero-order valence-electron chi connectivity index (χ0n) is 10.6. The van der Waals surface area contributed by atoms with Crippen LogP contribution in [-0.4, -0.2) is 16.0 Å². The fourth-order valence-corrected chi connectivity index (χ4v) is 7.54. The molecule has 82 valence electrons. The van der Waals surface area contributed by atoms with Crippen LogP contribution >= 0.6 is 7.92 Å². The van der Waals surface area contributed by atoms with Gasteiger partial charge >= 0.3 is 0 Å². The minimum absolute atomic E-state index is 0.0693. The summed E-state index contributed by atoms with van der Waals surface area (Å²) in [5.74, 6) is 0. The minimum atomic E-state index is 0.0693. The second-order valence-electron chi connectivity index (χ2n) is 6.28. The van der Waals surface area contributed by atoms with Crippen molar-refractivity contribution in [3.63, 3.8) is 0 Å². The zero-order chi connectivity index (χ0) is 11.0. The predicted molar refractivity (Wildman–Crippen MR) is 68.6 cm³/mol. The molecular weight excluding hydrogens is 187 g/mol. The van der Waals surface area contributed by atoms with Crippen LogP contribution in [0.5, 0.6) is 0 Å². The Balaban J connectivity index is 2.88. The van der Waals surface area contributed by atoms with Crippen LogP contribution in [0.4, 0.5) is 0 Å². The topological polar surface area (TPSA) is 0 Å². The molecule has 0 saturated heterocycles. The van der Waals surface area contributed by atoms with E-state index in [4.69, 9.17) is 0 Å². The first kappa shape index (κ1) is 12.2. The van der Waals surface area contributed by atoms with Crippen molar-refractivity contribution < 1.29 is 0 Å². The molecule has 0 bridgehead atoms. The molecule has 1 atom stereocenters. The predicted octanol–water partition coefficient (Wildman–Crippen LogP) is 4.78. The van der Waals surface area contributed by atoms with Gasteiger partial charge in [0.15, 0.2) is 0 Å². The molecule has 0 heterocycles. The molecule has 1 aliphatic rings. The van der Waals surface area contributed by atoms with Gasteiger partial charge in [-0.05, 0) is 28.8 Å². The lowest BCUT2D eigenvalue weighted by atomic mass is 10.2. The maximum Gasteiger partial charge on any atom is -0.00173 e. The van der Waals surface area contributed by atoms with Crippen molar-refractivity contribution in [1.29, 1.82) is 0 Å². The van der Waals surface area contributed by atoms with E-state index in [-0.39, 0.29) is 7.92 Å². The van der Waals surface area contributed by atoms with Gasteiger partial charge in [-0.3, -0.25) is 0 Å². The first-order valence-corrected chi connectivity index (χ1v) is 7.10. The summed E-state index contributed by atoms with van der Waals surface area (Å²) in [7, 11) is 0.0693. The number of hydrogen-bond donors (Lipinski definition) is 0. The van der Waals surface area contributed by atoms with Crippen LogP contribution in [0, 0.1) is 0 Å². The molecule has 0 fully saturated rings. The summed E-state index contributed by atoms with van der Waals surface area (Å²) in [5, 5.41) is 0.958. The van der Waals surface area contributed by atoms with Gasteiger partial charge in [0.25, 0.3) is 0 Å². The lowest BCUT2D eigenvalue weighted by molar-refractivity contribution is 0.689. The molecule has 0 aliphatic heterocycles. The highest BCUT2D eigenvalue weighted by molar-refractivity contribution is 7.61. The summed E-state index contributed by atoms with van der Waals surface area (Å²) in [6.45, 7) is 14.5. The van der Waals surface area contributed by atoms with E-state index in [2.05, 4.69) is 53.7 Å². The van der Waals surface area contributed by atoms with E-state index in [0.29, 0.717) is 10.3 Å². The number of rotatable bonds is 1. The monoisotopic (exact) mass is 212 g/mol. The summed E-state index contributed by atoms with van der Waals surface area (Å²) in [6, 6.07) is 0. The summed E-state index contributed by atoms with van der Waals surface area (Å²) in [5.41, 5.74) is 0.866. The van der Waals surface area contributed by atoms with Crippen molar-refractivity contribution in [2.75, 3.05) is 0 Å². The lowest BCUT2D eigenvalue weighted by Crippen LogP contribution is -2.30. The fraction of sp³-hybridized carbons (Fsp3) is 0.846. The summed E-state index contributed by atoms with van der Waals surface area (Å²) >= 11 is 0. The first-order valence-electron chi connectivity index (χ1n) is 5.69. The molecule has 0 amide bonds. The van der Waals surface area contributed by atoms with E-state index in [0.717, 1.165) is 5.66 Å². The van der Waals surface area contributed by atoms with Gasteiger partial charge in [-0.1, -0.05) is 61.6 Å². The van der Waals surface area contributed by atoms with Gasteiger partial charge in [0.2, 0.25) is 0 Å². The normalized spacial score (nSPS) is 23.5. The Morgan fingerprint density at radius 2 is 1.50 bits per heavy atom. The molecule has 0 unspecified atom stereocenters. The van der Waals surface area contributed by atoms with Gasteiger partial charge in [-0.25, -0.2) is 0 Å². The van der Waals surface area contributed by atoms with E-state index in [1.54, 1.807) is 0 Å². The van der Waals surface area contributed by atoms with Gasteiger partial charge in [0.05, 0.1) is 0 Å². The maximum absolute atomic E-state index is 2.47. The average molecular weight is 212 g/mol.